The Kier molecular flexibility index (Phi) is 12.3. The highest BCUT2D eigenvalue weighted by Crippen LogP contribution is 2.28. The molecule has 0 saturated heterocycles. The summed E-state index contributed by atoms with van der Waals surface area (Å²) < 4.78 is 0. The first kappa shape index (κ1) is 21.5. The topological polar surface area (TPSA) is 20.2 Å². The van der Waals surface area contributed by atoms with Crippen molar-refractivity contribution in [1.82, 2.24) is 0 Å². The second-order valence-electron chi connectivity index (χ2n) is 8.08. The first-order chi connectivity index (χ1) is 11.7. The minimum absolute atomic E-state index is 0.595. The monoisotopic (exact) mass is 334 g/mol. The predicted octanol–water partition coefficient (Wildman–Crippen LogP) is 7.35. The van der Waals surface area contributed by atoms with Gasteiger partial charge in [0.15, 0.2) is 0 Å². The predicted molar refractivity (Wildman–Crippen MR) is 107 cm³/mol. The van der Waals surface area contributed by atoms with Crippen LogP contribution in [0.25, 0.3) is 0 Å². The minimum atomic E-state index is -0.595. The molecule has 24 heavy (non-hydrogen) atoms. The summed E-state index contributed by atoms with van der Waals surface area (Å²) in [6.07, 6.45) is 25.6. The van der Waals surface area contributed by atoms with Crippen LogP contribution in [-0.4, -0.2) is 10.7 Å². The molecular weight excluding hydrogens is 292 g/mol. The van der Waals surface area contributed by atoms with Crippen LogP contribution in [0.2, 0.25) is 0 Å². The van der Waals surface area contributed by atoms with Crippen molar-refractivity contribution in [2.75, 3.05) is 0 Å². The van der Waals surface area contributed by atoms with Crippen LogP contribution in [0.5, 0.6) is 0 Å². The average molecular weight is 335 g/mol. The third kappa shape index (κ3) is 10.3. The van der Waals surface area contributed by atoms with Crippen molar-refractivity contribution in [3.8, 4) is 0 Å². The first-order valence-electron chi connectivity index (χ1n) is 10.6. The summed E-state index contributed by atoms with van der Waals surface area (Å²) in [5.74, 6) is 1.06. The van der Waals surface area contributed by atoms with E-state index in [2.05, 4.69) is 13.2 Å². The van der Waals surface area contributed by atoms with E-state index in [4.69, 9.17) is 0 Å². The molecule has 1 aliphatic carbocycles. The van der Waals surface area contributed by atoms with Crippen LogP contribution < -0.4 is 0 Å². The Bertz CT molecular complexity index is 304. The lowest BCUT2D eigenvalue weighted by molar-refractivity contribution is 0.0347. The molecule has 0 aromatic heterocycles. The third-order valence-corrected chi connectivity index (χ3v) is 5.78. The van der Waals surface area contributed by atoms with E-state index in [1.54, 1.807) is 0 Å². The second-order valence-corrected chi connectivity index (χ2v) is 8.08. The quantitative estimate of drug-likeness (QED) is 0.245. The van der Waals surface area contributed by atoms with Crippen molar-refractivity contribution in [2.45, 2.75) is 115 Å². The van der Waals surface area contributed by atoms with Gasteiger partial charge in [0.05, 0.1) is 5.60 Å². The molecule has 0 aromatic rings. The van der Waals surface area contributed by atoms with Gasteiger partial charge in [0.1, 0.15) is 0 Å². The molecule has 0 amide bonds. The van der Waals surface area contributed by atoms with Gasteiger partial charge in [-0.25, -0.2) is 0 Å². The highest BCUT2D eigenvalue weighted by atomic mass is 16.3. The summed E-state index contributed by atoms with van der Waals surface area (Å²) >= 11 is 0. The van der Waals surface area contributed by atoms with Crippen molar-refractivity contribution in [1.29, 1.82) is 0 Å². The zero-order valence-corrected chi connectivity index (χ0v) is 16.1. The van der Waals surface area contributed by atoms with Crippen molar-refractivity contribution in [3.05, 3.63) is 25.3 Å². The Morgan fingerprint density at radius 3 is 1.79 bits per heavy atom. The molecule has 0 radical (unpaired) electrons. The van der Waals surface area contributed by atoms with E-state index in [1.165, 1.54) is 83.5 Å². The van der Waals surface area contributed by atoms with Gasteiger partial charge in [0.25, 0.3) is 0 Å². The van der Waals surface area contributed by atoms with Crippen LogP contribution >= 0.6 is 0 Å². The Hall–Kier alpha value is -0.560. The first-order valence-corrected chi connectivity index (χ1v) is 10.6. The zero-order chi connectivity index (χ0) is 17.5. The minimum Gasteiger partial charge on any atom is -0.389 e. The van der Waals surface area contributed by atoms with Gasteiger partial charge in [-0.2, -0.15) is 0 Å². The van der Waals surface area contributed by atoms with Gasteiger partial charge in [-0.15, -0.1) is 13.2 Å². The van der Waals surface area contributed by atoms with Crippen LogP contribution in [-0.2, 0) is 0 Å². The molecule has 140 valence electrons. The number of aliphatic hydroxyl groups is 1. The Labute approximate surface area is 151 Å². The fourth-order valence-corrected chi connectivity index (χ4v) is 4.25. The van der Waals surface area contributed by atoms with Gasteiger partial charge in [0.2, 0.25) is 0 Å². The summed E-state index contributed by atoms with van der Waals surface area (Å²) in [5.41, 5.74) is -0.595. The fourth-order valence-electron chi connectivity index (χ4n) is 4.25. The van der Waals surface area contributed by atoms with Crippen molar-refractivity contribution < 1.29 is 5.11 Å². The molecule has 0 bridgehead atoms. The maximum atomic E-state index is 10.5. The van der Waals surface area contributed by atoms with Crippen LogP contribution in [0.3, 0.4) is 0 Å². The van der Waals surface area contributed by atoms with Crippen LogP contribution in [0.4, 0.5) is 0 Å². The SMILES string of the molecule is C=CCC(O)(CC=C)CCCCCCCCCCC1CCCCC1. The Morgan fingerprint density at radius 2 is 1.25 bits per heavy atom. The van der Waals surface area contributed by atoms with Gasteiger partial charge < -0.3 is 5.11 Å². The third-order valence-electron chi connectivity index (χ3n) is 5.78. The van der Waals surface area contributed by atoms with Gasteiger partial charge in [-0.05, 0) is 25.2 Å². The van der Waals surface area contributed by atoms with E-state index in [1.807, 2.05) is 12.2 Å². The van der Waals surface area contributed by atoms with Gasteiger partial charge in [-0.3, -0.25) is 0 Å². The van der Waals surface area contributed by atoms with E-state index in [-0.39, 0.29) is 0 Å². The average Bonchev–Trinajstić information content (AvgIpc) is 2.58. The lowest BCUT2D eigenvalue weighted by Gasteiger charge is -2.25. The summed E-state index contributed by atoms with van der Waals surface area (Å²) in [7, 11) is 0. The molecule has 1 aliphatic rings. The molecule has 1 saturated carbocycles. The number of rotatable bonds is 15. The summed E-state index contributed by atoms with van der Waals surface area (Å²) in [6, 6.07) is 0. The summed E-state index contributed by atoms with van der Waals surface area (Å²) in [5, 5.41) is 10.5. The van der Waals surface area contributed by atoms with Crippen molar-refractivity contribution in [2.24, 2.45) is 5.92 Å². The maximum Gasteiger partial charge on any atom is 0.0716 e. The molecule has 0 unspecified atom stereocenters. The van der Waals surface area contributed by atoms with E-state index < -0.39 is 5.60 Å². The van der Waals surface area contributed by atoms with Gasteiger partial charge >= 0.3 is 0 Å². The molecule has 1 fully saturated rings. The standard InChI is InChI=1S/C23H42O/c1-3-19-23(24,20-4-2)21-15-10-8-6-5-7-9-12-16-22-17-13-11-14-18-22/h3-4,22,24H,1-2,5-21H2. The fraction of sp³-hybridized carbons (Fsp3) is 0.826. The highest BCUT2D eigenvalue weighted by Gasteiger charge is 2.22. The molecule has 0 spiro atoms. The normalized spacial score (nSPS) is 16.2. The van der Waals surface area contributed by atoms with Gasteiger partial charge in [0, 0.05) is 0 Å². The summed E-state index contributed by atoms with van der Waals surface area (Å²) in [6.45, 7) is 7.51. The molecule has 0 aromatic carbocycles. The molecule has 0 atom stereocenters. The summed E-state index contributed by atoms with van der Waals surface area (Å²) in [4.78, 5) is 0. The lowest BCUT2D eigenvalue weighted by Crippen LogP contribution is -2.26. The van der Waals surface area contributed by atoms with E-state index >= 15 is 0 Å². The smallest absolute Gasteiger partial charge is 0.0716 e. The van der Waals surface area contributed by atoms with Crippen molar-refractivity contribution >= 4 is 0 Å². The van der Waals surface area contributed by atoms with Crippen LogP contribution in [0, 0.1) is 5.92 Å². The largest absolute Gasteiger partial charge is 0.389 e. The molecule has 1 N–H and O–H groups in total. The van der Waals surface area contributed by atoms with Crippen LogP contribution in [0.15, 0.2) is 25.3 Å². The van der Waals surface area contributed by atoms with E-state index in [0.29, 0.717) is 12.8 Å². The number of hydrogen-bond donors (Lipinski definition) is 1. The van der Waals surface area contributed by atoms with Crippen molar-refractivity contribution in [3.63, 3.8) is 0 Å². The second kappa shape index (κ2) is 13.7. The highest BCUT2D eigenvalue weighted by molar-refractivity contribution is 4.91. The molecule has 1 nitrogen and oxygen atoms in total. The Morgan fingerprint density at radius 1 is 0.750 bits per heavy atom. The molecular formula is C23H42O. The van der Waals surface area contributed by atoms with Gasteiger partial charge in [-0.1, -0.05) is 102 Å². The lowest BCUT2D eigenvalue weighted by atomic mass is 9.85. The molecule has 0 heterocycles. The van der Waals surface area contributed by atoms with E-state index in [0.717, 1.165) is 18.8 Å². The zero-order valence-electron chi connectivity index (χ0n) is 16.1. The van der Waals surface area contributed by atoms with E-state index in [9.17, 15) is 5.11 Å². The molecule has 1 rings (SSSR count). The number of unbranched alkanes of at least 4 members (excludes halogenated alkanes) is 7. The number of hydrogen-bond acceptors (Lipinski definition) is 1. The molecule has 1 heteroatoms. The maximum absolute atomic E-state index is 10.5. The Balaban J connectivity index is 1.89. The van der Waals surface area contributed by atoms with Crippen LogP contribution in [0.1, 0.15) is 109 Å². The molecule has 0 aliphatic heterocycles.